The molecular formula is C19H18N6O2S2. The first kappa shape index (κ1) is 19.3. The lowest BCUT2D eigenvalue weighted by atomic mass is 10.3. The molecule has 0 saturated heterocycles. The topological polar surface area (TPSA) is 94.8 Å². The van der Waals surface area contributed by atoms with Crippen LogP contribution in [0.15, 0.2) is 53.7 Å². The number of anilines is 1. The number of nitrogens with one attached hydrogen (secondary N) is 1. The van der Waals surface area contributed by atoms with Crippen LogP contribution in [0.5, 0.6) is 5.75 Å². The summed E-state index contributed by atoms with van der Waals surface area (Å²) in [4.78, 5) is 17.1. The molecule has 29 heavy (non-hydrogen) atoms. The molecule has 1 unspecified atom stereocenters. The number of benzene rings is 2. The predicted octanol–water partition coefficient (Wildman–Crippen LogP) is 3.79. The molecule has 10 heteroatoms. The second kappa shape index (κ2) is 8.58. The van der Waals surface area contributed by atoms with E-state index in [4.69, 9.17) is 4.74 Å². The molecule has 148 valence electrons. The second-order valence-corrected chi connectivity index (χ2v) is 8.38. The number of nitrogens with zero attached hydrogens (tertiary/aromatic N) is 5. The first-order chi connectivity index (χ1) is 14.1. The maximum absolute atomic E-state index is 12.7. The van der Waals surface area contributed by atoms with Crippen molar-refractivity contribution in [2.75, 3.05) is 11.9 Å². The van der Waals surface area contributed by atoms with Crippen molar-refractivity contribution < 1.29 is 9.53 Å². The first-order valence-electron chi connectivity index (χ1n) is 8.98. The van der Waals surface area contributed by atoms with Crippen molar-refractivity contribution in [3.8, 4) is 11.4 Å². The number of tetrazole rings is 1. The highest BCUT2D eigenvalue weighted by Gasteiger charge is 2.20. The molecule has 1 atom stereocenters. The van der Waals surface area contributed by atoms with E-state index in [0.29, 0.717) is 16.9 Å². The molecule has 1 N–H and O–H groups in total. The smallest absolute Gasteiger partial charge is 0.239 e. The maximum atomic E-state index is 12.7. The summed E-state index contributed by atoms with van der Waals surface area (Å²) in [5.74, 6) is 0.625. The molecular weight excluding hydrogens is 408 g/mol. The van der Waals surface area contributed by atoms with Gasteiger partial charge in [-0.1, -0.05) is 41.3 Å². The van der Waals surface area contributed by atoms with Gasteiger partial charge in [-0.2, -0.15) is 4.68 Å². The lowest BCUT2D eigenvalue weighted by molar-refractivity contribution is -0.115. The molecule has 0 saturated carbocycles. The number of hydrogen-bond donors (Lipinski definition) is 1. The lowest BCUT2D eigenvalue weighted by Crippen LogP contribution is -2.22. The Kier molecular flexibility index (Phi) is 5.72. The zero-order valence-corrected chi connectivity index (χ0v) is 17.4. The fourth-order valence-electron chi connectivity index (χ4n) is 2.62. The van der Waals surface area contributed by atoms with Gasteiger partial charge in [0.1, 0.15) is 5.75 Å². The van der Waals surface area contributed by atoms with Gasteiger partial charge in [0, 0.05) is 0 Å². The monoisotopic (exact) mass is 426 g/mol. The van der Waals surface area contributed by atoms with Gasteiger partial charge in [0.15, 0.2) is 5.13 Å². The van der Waals surface area contributed by atoms with E-state index in [1.165, 1.54) is 23.1 Å². The van der Waals surface area contributed by atoms with E-state index in [1.807, 2.05) is 62.4 Å². The summed E-state index contributed by atoms with van der Waals surface area (Å²) in [6.07, 6.45) is 0. The number of ether oxygens (including phenoxy) is 1. The SMILES string of the molecule is CCOc1ccc2nc(NC(=O)C(C)Sc3nnnn3-c3ccccc3)sc2c1. The number of rotatable bonds is 7. The summed E-state index contributed by atoms with van der Waals surface area (Å²) in [5.41, 5.74) is 1.66. The van der Waals surface area contributed by atoms with Crippen LogP contribution in [0.3, 0.4) is 0 Å². The fraction of sp³-hybridized carbons (Fsp3) is 0.211. The third-order valence-electron chi connectivity index (χ3n) is 3.99. The van der Waals surface area contributed by atoms with Crippen molar-refractivity contribution in [1.82, 2.24) is 25.2 Å². The summed E-state index contributed by atoms with van der Waals surface area (Å²) >= 11 is 2.70. The second-order valence-electron chi connectivity index (χ2n) is 6.04. The van der Waals surface area contributed by atoms with Gasteiger partial charge in [-0.05, 0) is 54.6 Å². The van der Waals surface area contributed by atoms with Crippen molar-refractivity contribution in [2.24, 2.45) is 0 Å². The van der Waals surface area contributed by atoms with Gasteiger partial charge >= 0.3 is 0 Å². The molecule has 0 bridgehead atoms. The van der Waals surface area contributed by atoms with Crippen molar-refractivity contribution in [3.05, 3.63) is 48.5 Å². The van der Waals surface area contributed by atoms with Crippen LogP contribution in [0.1, 0.15) is 13.8 Å². The molecule has 0 radical (unpaired) electrons. The normalized spacial score (nSPS) is 12.1. The minimum atomic E-state index is -0.408. The molecule has 8 nitrogen and oxygen atoms in total. The van der Waals surface area contributed by atoms with Crippen LogP contribution in [0.4, 0.5) is 5.13 Å². The van der Waals surface area contributed by atoms with E-state index in [-0.39, 0.29) is 5.91 Å². The molecule has 4 rings (SSSR count). The molecule has 2 aromatic carbocycles. The van der Waals surface area contributed by atoms with Crippen molar-refractivity contribution in [3.63, 3.8) is 0 Å². The Bertz CT molecular complexity index is 1130. The van der Waals surface area contributed by atoms with Crippen LogP contribution in [0.25, 0.3) is 15.9 Å². The van der Waals surface area contributed by atoms with Crippen LogP contribution in [0.2, 0.25) is 0 Å². The Hall–Kier alpha value is -2.98. The van der Waals surface area contributed by atoms with Crippen LogP contribution in [0, 0.1) is 0 Å². The van der Waals surface area contributed by atoms with Crippen molar-refractivity contribution in [2.45, 2.75) is 24.3 Å². The minimum absolute atomic E-state index is 0.165. The molecule has 4 aromatic rings. The molecule has 2 heterocycles. The first-order valence-corrected chi connectivity index (χ1v) is 10.7. The number of carbonyl (C=O) groups is 1. The van der Waals surface area contributed by atoms with Crippen LogP contribution in [-0.4, -0.2) is 43.0 Å². The minimum Gasteiger partial charge on any atom is -0.494 e. The number of carbonyl (C=O) groups excluding carboxylic acids is 1. The van der Waals surface area contributed by atoms with Crippen LogP contribution < -0.4 is 10.1 Å². The number of thiazole rings is 1. The van der Waals surface area contributed by atoms with Gasteiger partial charge in [0.25, 0.3) is 0 Å². The number of fused-ring (bicyclic) bond motifs is 1. The van der Waals surface area contributed by atoms with E-state index in [1.54, 1.807) is 4.68 Å². The Labute approximate surface area is 175 Å². The average Bonchev–Trinajstić information content (AvgIpc) is 3.34. The van der Waals surface area contributed by atoms with Crippen molar-refractivity contribution in [1.29, 1.82) is 0 Å². The lowest BCUT2D eigenvalue weighted by Gasteiger charge is -2.10. The average molecular weight is 427 g/mol. The van der Waals surface area contributed by atoms with Gasteiger partial charge in [0.05, 0.1) is 27.8 Å². The van der Waals surface area contributed by atoms with E-state index in [9.17, 15) is 4.79 Å². The summed E-state index contributed by atoms with van der Waals surface area (Å²) in [6.45, 7) is 4.35. The highest BCUT2D eigenvalue weighted by molar-refractivity contribution is 8.00. The summed E-state index contributed by atoms with van der Waals surface area (Å²) in [5, 5.41) is 15.4. The zero-order valence-electron chi connectivity index (χ0n) is 15.8. The zero-order chi connectivity index (χ0) is 20.2. The summed E-state index contributed by atoms with van der Waals surface area (Å²) < 4.78 is 8.09. The van der Waals surface area contributed by atoms with Gasteiger partial charge < -0.3 is 10.1 Å². The van der Waals surface area contributed by atoms with E-state index in [2.05, 4.69) is 25.8 Å². The third-order valence-corrected chi connectivity index (χ3v) is 5.96. The number of amides is 1. The Morgan fingerprint density at radius 3 is 2.90 bits per heavy atom. The van der Waals surface area contributed by atoms with E-state index >= 15 is 0 Å². The number of para-hydroxylation sites is 1. The molecule has 1 amide bonds. The third kappa shape index (κ3) is 4.38. The van der Waals surface area contributed by atoms with Crippen LogP contribution in [-0.2, 0) is 4.79 Å². The van der Waals surface area contributed by atoms with Gasteiger partial charge in [-0.15, -0.1) is 5.10 Å². The Morgan fingerprint density at radius 2 is 2.10 bits per heavy atom. The maximum Gasteiger partial charge on any atom is 0.239 e. The standard InChI is InChI=1S/C19H18N6O2S2/c1-3-27-14-9-10-15-16(11-14)29-18(20-15)21-17(26)12(2)28-19-22-23-24-25(19)13-7-5-4-6-8-13/h4-12H,3H2,1-2H3,(H,20,21,26). The number of aromatic nitrogens is 5. The summed E-state index contributed by atoms with van der Waals surface area (Å²) in [6, 6.07) is 15.2. The number of hydrogen-bond acceptors (Lipinski definition) is 8. The van der Waals surface area contributed by atoms with E-state index in [0.717, 1.165) is 21.7 Å². The van der Waals surface area contributed by atoms with Gasteiger partial charge in [-0.3, -0.25) is 4.79 Å². The van der Waals surface area contributed by atoms with Gasteiger partial charge in [-0.25, -0.2) is 4.98 Å². The fourth-order valence-corrected chi connectivity index (χ4v) is 4.32. The quantitative estimate of drug-likeness (QED) is 0.449. The Morgan fingerprint density at radius 1 is 1.28 bits per heavy atom. The molecule has 2 aromatic heterocycles. The number of thioether (sulfide) groups is 1. The molecule has 0 aliphatic rings. The molecule has 0 aliphatic heterocycles. The highest BCUT2D eigenvalue weighted by atomic mass is 32.2. The molecule has 0 spiro atoms. The Balaban J connectivity index is 1.45. The van der Waals surface area contributed by atoms with Crippen LogP contribution >= 0.6 is 23.1 Å². The highest BCUT2D eigenvalue weighted by Crippen LogP contribution is 2.30. The van der Waals surface area contributed by atoms with Gasteiger partial charge in [0.2, 0.25) is 11.1 Å². The predicted molar refractivity (Wildman–Crippen MR) is 114 cm³/mol. The van der Waals surface area contributed by atoms with Crippen molar-refractivity contribution >= 4 is 44.4 Å². The molecule has 0 aliphatic carbocycles. The largest absolute Gasteiger partial charge is 0.494 e. The van der Waals surface area contributed by atoms with E-state index < -0.39 is 5.25 Å². The molecule has 0 fully saturated rings. The summed E-state index contributed by atoms with van der Waals surface area (Å²) in [7, 11) is 0.